The summed E-state index contributed by atoms with van der Waals surface area (Å²) in [5.74, 6) is 0.192. The van der Waals surface area contributed by atoms with Gasteiger partial charge in [0.25, 0.3) is 5.91 Å². The lowest BCUT2D eigenvalue weighted by Gasteiger charge is -2.39. The molecule has 1 aliphatic heterocycles. The lowest BCUT2D eigenvalue weighted by molar-refractivity contribution is -0.126. The highest BCUT2D eigenvalue weighted by molar-refractivity contribution is 6.33. The number of ether oxygens (including phenoxy) is 2. The van der Waals surface area contributed by atoms with Crippen molar-refractivity contribution in [2.24, 2.45) is 5.92 Å². The second kappa shape index (κ2) is 23.7. The maximum Gasteiger partial charge on any atom is 0.255 e. The molecule has 3 amide bonds. The number of hydrogen-bond donors (Lipinski definition) is 9. The van der Waals surface area contributed by atoms with Crippen LogP contribution in [0.2, 0.25) is 5.02 Å². The Bertz CT molecular complexity index is 1210. The number of hydrogen-bond acceptors (Lipinski definition) is 12. The minimum Gasteiger partial charge on any atom is -0.496 e. The number of nitrogens with two attached hydrogens (primary N) is 1. The largest absolute Gasteiger partial charge is 0.496 e. The highest BCUT2D eigenvalue weighted by Crippen LogP contribution is 2.29. The van der Waals surface area contributed by atoms with Gasteiger partial charge in [0.2, 0.25) is 11.8 Å². The van der Waals surface area contributed by atoms with Crippen LogP contribution in [0.3, 0.4) is 0 Å². The van der Waals surface area contributed by atoms with Gasteiger partial charge in [0.15, 0.2) is 0 Å². The van der Waals surface area contributed by atoms with Crippen LogP contribution in [0.4, 0.5) is 5.69 Å². The van der Waals surface area contributed by atoms with E-state index in [4.69, 9.17) is 31.9 Å². The van der Waals surface area contributed by atoms with Gasteiger partial charge in [-0.3, -0.25) is 14.4 Å². The molecule has 0 bridgehead atoms. The highest BCUT2D eigenvalue weighted by Gasteiger charge is 2.32. The van der Waals surface area contributed by atoms with Crippen molar-refractivity contribution in [3.05, 3.63) is 22.7 Å². The first-order valence-corrected chi connectivity index (χ1v) is 18.2. The first kappa shape index (κ1) is 44.4. The average Bonchev–Trinajstić information content (AvgIpc) is 3.11. The lowest BCUT2D eigenvalue weighted by Crippen LogP contribution is -2.55. The number of rotatable bonds is 24. The molecule has 0 saturated carbocycles. The summed E-state index contributed by atoms with van der Waals surface area (Å²) < 4.78 is 11.1. The van der Waals surface area contributed by atoms with Crippen LogP contribution < -0.4 is 26.4 Å². The summed E-state index contributed by atoms with van der Waals surface area (Å²) in [6.07, 6.45) is 0.615. The number of carbonyl (C=O) groups is 3. The van der Waals surface area contributed by atoms with E-state index < -0.39 is 31.0 Å². The number of anilines is 1. The van der Waals surface area contributed by atoms with E-state index in [9.17, 15) is 34.8 Å². The topological polar surface area (TPSA) is 236 Å². The molecular formula is C35H60ClN5O10. The fourth-order valence-corrected chi connectivity index (χ4v) is 6.27. The van der Waals surface area contributed by atoms with Gasteiger partial charge < -0.3 is 61.6 Å². The van der Waals surface area contributed by atoms with Crippen molar-refractivity contribution in [2.45, 2.75) is 108 Å². The summed E-state index contributed by atoms with van der Waals surface area (Å²) in [6.45, 7) is 4.09. The number of nitrogen functional groups attached to an aromatic ring is 1. The zero-order chi connectivity index (χ0) is 37.9. The average molecular weight is 746 g/mol. The van der Waals surface area contributed by atoms with Crippen LogP contribution in [-0.4, -0.2) is 138 Å². The van der Waals surface area contributed by atoms with E-state index in [1.807, 2.05) is 0 Å². The van der Waals surface area contributed by atoms with Gasteiger partial charge in [0, 0.05) is 58.7 Å². The molecule has 15 nitrogen and oxygen atoms in total. The fraction of sp³-hybridized carbons (Fsp3) is 0.743. The number of benzene rings is 1. The predicted octanol–water partition coefficient (Wildman–Crippen LogP) is 0.565. The van der Waals surface area contributed by atoms with Crippen LogP contribution in [0.25, 0.3) is 0 Å². The molecule has 0 spiro atoms. The Kier molecular flexibility index (Phi) is 20.7. The molecule has 1 unspecified atom stereocenters. The van der Waals surface area contributed by atoms with E-state index in [0.29, 0.717) is 48.8 Å². The van der Waals surface area contributed by atoms with Crippen LogP contribution >= 0.6 is 11.6 Å². The zero-order valence-corrected chi connectivity index (χ0v) is 30.9. The Morgan fingerprint density at radius 1 is 0.961 bits per heavy atom. The van der Waals surface area contributed by atoms with E-state index in [2.05, 4.69) is 27.8 Å². The minimum absolute atomic E-state index is 0.0413. The summed E-state index contributed by atoms with van der Waals surface area (Å²) in [5.41, 5.74) is 6.51. The summed E-state index contributed by atoms with van der Waals surface area (Å²) in [4.78, 5) is 39.7. The minimum atomic E-state index is -1.73. The van der Waals surface area contributed by atoms with Crippen LogP contribution in [0.15, 0.2) is 12.1 Å². The first-order chi connectivity index (χ1) is 24.3. The van der Waals surface area contributed by atoms with Crippen molar-refractivity contribution >= 4 is 35.0 Å². The molecule has 1 saturated heterocycles. The summed E-state index contributed by atoms with van der Waals surface area (Å²) in [6, 6.07) is 2.88. The molecule has 16 heteroatoms. The highest BCUT2D eigenvalue weighted by atomic mass is 35.5. The molecule has 1 aromatic rings. The Morgan fingerprint density at radius 3 is 2.29 bits per heavy atom. The monoisotopic (exact) mass is 745 g/mol. The van der Waals surface area contributed by atoms with Gasteiger partial charge >= 0.3 is 0 Å². The molecule has 1 fully saturated rings. The number of piperidine rings is 1. The lowest BCUT2D eigenvalue weighted by atomic mass is 9.97. The number of carbonyl (C=O) groups excluding carboxylic acids is 3. The maximum atomic E-state index is 13.1. The number of nitrogens with one attached hydrogen (secondary N) is 3. The molecule has 51 heavy (non-hydrogen) atoms. The number of nitrogens with zero attached hydrogens (tertiary/aromatic N) is 1. The zero-order valence-electron chi connectivity index (χ0n) is 30.2. The molecule has 1 aromatic carbocycles. The first-order valence-electron chi connectivity index (χ1n) is 17.9. The van der Waals surface area contributed by atoms with Gasteiger partial charge in [0.1, 0.15) is 24.1 Å². The Hall–Kier alpha value is -2.76. The standard InChI is InChI=1S/C35H60ClN5O10/c1-22(19-41-15-13-26(30(20-41)51-3)40-35(49)23-16-24(36)25(37)17-29(23)50-2)10-9-12-31(45)38-14-8-6-4-5-7-11-32(46)39-18-27(43)33(47)34(48)28(44)21-42/h16-17,22,26-28,30,33-34,42-44,47-48H,4-15,18-21,37H2,1-3H3,(H,38,45)(H,39,46)(H,40,49)/t22?,26-,27+,28-,30+,33-,34-/m1/s1. The smallest absolute Gasteiger partial charge is 0.255 e. The molecule has 0 aliphatic carbocycles. The Morgan fingerprint density at radius 2 is 1.61 bits per heavy atom. The molecule has 7 atom stereocenters. The second-order valence-electron chi connectivity index (χ2n) is 13.4. The van der Waals surface area contributed by atoms with E-state index in [1.54, 1.807) is 7.11 Å². The van der Waals surface area contributed by atoms with E-state index in [-0.39, 0.29) is 47.9 Å². The maximum absolute atomic E-state index is 13.1. The number of amides is 3. The fourth-order valence-electron chi connectivity index (χ4n) is 6.10. The number of halogens is 1. The summed E-state index contributed by atoms with van der Waals surface area (Å²) in [7, 11) is 3.12. The summed E-state index contributed by atoms with van der Waals surface area (Å²) >= 11 is 6.15. The Balaban J connectivity index is 1.53. The van der Waals surface area contributed by atoms with E-state index >= 15 is 0 Å². The van der Waals surface area contributed by atoms with Crippen molar-refractivity contribution in [2.75, 3.05) is 59.3 Å². The molecule has 0 radical (unpaired) electrons. The van der Waals surface area contributed by atoms with Gasteiger partial charge in [-0.05, 0) is 44.1 Å². The quantitative estimate of drug-likeness (QED) is 0.0522. The van der Waals surface area contributed by atoms with Gasteiger partial charge in [0.05, 0.1) is 48.2 Å². The van der Waals surface area contributed by atoms with Gasteiger partial charge in [-0.25, -0.2) is 0 Å². The molecule has 0 aromatic heterocycles. The van der Waals surface area contributed by atoms with Crippen molar-refractivity contribution in [1.29, 1.82) is 0 Å². The van der Waals surface area contributed by atoms with Gasteiger partial charge in [-0.15, -0.1) is 0 Å². The number of unbranched alkanes of at least 4 members (excludes halogenated alkanes) is 4. The van der Waals surface area contributed by atoms with Gasteiger partial charge in [-0.2, -0.15) is 0 Å². The summed E-state index contributed by atoms with van der Waals surface area (Å²) in [5, 5.41) is 56.3. The number of methoxy groups -OCH3 is 2. The van der Waals surface area contributed by atoms with Gasteiger partial charge in [-0.1, -0.05) is 37.8 Å². The SMILES string of the molecule is COc1cc(N)c(Cl)cc1C(=O)N[C@@H]1CCN(CC(C)CCCC(=O)NCCCCCCCC(=O)NC[C@H](O)[C@@H](O)[C@H](O)[C@H](O)CO)C[C@@H]1OC. The van der Waals surface area contributed by atoms with Crippen molar-refractivity contribution in [3.8, 4) is 5.75 Å². The van der Waals surface area contributed by atoms with Crippen LogP contribution in [0.1, 0.15) is 81.5 Å². The molecular weight excluding hydrogens is 686 g/mol. The molecule has 292 valence electrons. The second-order valence-corrected chi connectivity index (χ2v) is 13.9. The third kappa shape index (κ3) is 15.8. The molecule has 1 aliphatic rings. The molecule has 2 rings (SSSR count). The third-order valence-corrected chi connectivity index (χ3v) is 9.56. The number of aliphatic hydroxyl groups is 5. The Labute approximate surface area is 306 Å². The normalized spacial score (nSPS) is 19.4. The molecule has 10 N–H and O–H groups in total. The molecule has 1 heterocycles. The van der Waals surface area contributed by atoms with Crippen LogP contribution in [0, 0.1) is 5.92 Å². The van der Waals surface area contributed by atoms with Crippen molar-refractivity contribution in [1.82, 2.24) is 20.9 Å². The van der Waals surface area contributed by atoms with Crippen molar-refractivity contribution < 1.29 is 49.4 Å². The third-order valence-electron chi connectivity index (χ3n) is 9.23. The van der Waals surface area contributed by atoms with E-state index in [0.717, 1.165) is 58.0 Å². The van der Waals surface area contributed by atoms with Crippen molar-refractivity contribution in [3.63, 3.8) is 0 Å². The van der Waals surface area contributed by atoms with E-state index in [1.165, 1.54) is 19.2 Å². The predicted molar refractivity (Wildman–Crippen MR) is 193 cm³/mol. The number of aliphatic hydroxyl groups excluding tert-OH is 5. The van der Waals surface area contributed by atoms with Crippen LogP contribution in [0.5, 0.6) is 5.75 Å². The number of likely N-dealkylation sites (tertiary alicyclic amines) is 1. The van der Waals surface area contributed by atoms with Crippen LogP contribution in [-0.2, 0) is 14.3 Å².